The van der Waals surface area contributed by atoms with E-state index in [4.69, 9.17) is 4.74 Å². The lowest BCUT2D eigenvalue weighted by atomic mass is 9.98. The Bertz CT molecular complexity index is 732. The highest BCUT2D eigenvalue weighted by Gasteiger charge is 2.36. The Morgan fingerprint density at radius 1 is 1.15 bits per heavy atom. The van der Waals surface area contributed by atoms with Crippen LogP contribution in [0, 0.1) is 0 Å². The molecule has 1 heterocycles. The molecule has 1 unspecified atom stereocenters. The van der Waals surface area contributed by atoms with Crippen LogP contribution >= 0.6 is 0 Å². The molecule has 7 heteroatoms. The minimum atomic E-state index is -4.55. The molecule has 0 aliphatic rings. The highest BCUT2D eigenvalue weighted by Crippen LogP contribution is 2.38. The van der Waals surface area contributed by atoms with Crippen molar-refractivity contribution in [1.29, 1.82) is 0 Å². The molecule has 2 aromatic rings. The van der Waals surface area contributed by atoms with Gasteiger partial charge in [-0.2, -0.15) is 18.2 Å². The summed E-state index contributed by atoms with van der Waals surface area (Å²) in [6.45, 7) is 6.58. The van der Waals surface area contributed by atoms with Gasteiger partial charge in [0.05, 0.1) is 6.61 Å². The van der Waals surface area contributed by atoms with E-state index < -0.39 is 11.7 Å². The second kappa shape index (κ2) is 9.06. The van der Waals surface area contributed by atoms with Crippen LogP contribution in [0.1, 0.15) is 57.1 Å². The largest absolute Gasteiger partial charge is 0.463 e. The molecule has 148 valence electrons. The summed E-state index contributed by atoms with van der Waals surface area (Å²) in [6, 6.07) is 7.44. The average Bonchev–Trinajstić information content (AvgIpc) is 2.66. The van der Waals surface area contributed by atoms with Gasteiger partial charge in [-0.05, 0) is 36.5 Å². The lowest BCUT2D eigenvalue weighted by molar-refractivity contribution is -0.137. The molecule has 1 aromatic heterocycles. The fourth-order valence-corrected chi connectivity index (χ4v) is 2.57. The van der Waals surface area contributed by atoms with E-state index in [1.54, 1.807) is 19.2 Å². The number of anilines is 2. The number of ether oxygens (including phenoxy) is 1. The van der Waals surface area contributed by atoms with Crippen molar-refractivity contribution >= 4 is 11.5 Å². The maximum atomic E-state index is 13.4. The first-order valence-electron chi connectivity index (χ1n) is 9.18. The lowest BCUT2D eigenvalue weighted by Gasteiger charge is -2.23. The summed E-state index contributed by atoms with van der Waals surface area (Å²) in [5.74, 6) is 0.174. The van der Waals surface area contributed by atoms with Crippen molar-refractivity contribution in [1.82, 2.24) is 9.97 Å². The maximum absolute atomic E-state index is 13.4. The number of alkyl halides is 3. The van der Waals surface area contributed by atoms with Crippen molar-refractivity contribution in [3.8, 4) is 6.01 Å². The lowest BCUT2D eigenvalue weighted by Crippen LogP contribution is -2.19. The second-order valence-electron chi connectivity index (χ2n) is 6.55. The third kappa shape index (κ3) is 5.34. The summed E-state index contributed by atoms with van der Waals surface area (Å²) in [5, 5.41) is 0. The molecular formula is C20H26F3N3O. The predicted octanol–water partition coefficient (Wildman–Crippen LogP) is 5.96. The molecule has 1 aromatic carbocycles. The number of hydrogen-bond acceptors (Lipinski definition) is 4. The van der Waals surface area contributed by atoms with E-state index in [0.717, 1.165) is 31.0 Å². The van der Waals surface area contributed by atoms with Gasteiger partial charge in [0.25, 0.3) is 0 Å². The molecule has 27 heavy (non-hydrogen) atoms. The van der Waals surface area contributed by atoms with Crippen LogP contribution in [0.2, 0.25) is 0 Å². The molecule has 0 spiro atoms. The van der Waals surface area contributed by atoms with E-state index in [-0.39, 0.29) is 11.8 Å². The smallest absolute Gasteiger partial charge is 0.421 e. The SMILES string of the molecule is CCCCOc1ncc(C(F)(F)F)c(N(C)c2ccc(C(C)CC)cc2)n1. The van der Waals surface area contributed by atoms with E-state index in [2.05, 4.69) is 23.8 Å². The van der Waals surface area contributed by atoms with E-state index >= 15 is 0 Å². The van der Waals surface area contributed by atoms with Crippen molar-refractivity contribution in [2.75, 3.05) is 18.6 Å². The van der Waals surface area contributed by atoms with E-state index in [0.29, 0.717) is 18.2 Å². The number of rotatable bonds is 8. The normalized spacial score (nSPS) is 12.7. The van der Waals surface area contributed by atoms with Crippen molar-refractivity contribution in [2.24, 2.45) is 0 Å². The van der Waals surface area contributed by atoms with Gasteiger partial charge in [-0.1, -0.05) is 39.3 Å². The maximum Gasteiger partial charge on any atom is 0.421 e. The van der Waals surface area contributed by atoms with Gasteiger partial charge >= 0.3 is 12.2 Å². The first-order valence-corrected chi connectivity index (χ1v) is 9.18. The number of hydrogen-bond donors (Lipinski definition) is 0. The van der Waals surface area contributed by atoms with Crippen LogP contribution in [0.3, 0.4) is 0 Å². The van der Waals surface area contributed by atoms with E-state index in [1.165, 1.54) is 4.90 Å². The zero-order chi connectivity index (χ0) is 20.0. The third-order valence-corrected chi connectivity index (χ3v) is 4.56. The Morgan fingerprint density at radius 3 is 2.37 bits per heavy atom. The average molecular weight is 381 g/mol. The second-order valence-corrected chi connectivity index (χ2v) is 6.55. The Morgan fingerprint density at radius 2 is 1.81 bits per heavy atom. The molecular weight excluding hydrogens is 355 g/mol. The molecule has 1 atom stereocenters. The zero-order valence-corrected chi connectivity index (χ0v) is 16.2. The van der Waals surface area contributed by atoms with Gasteiger partial charge in [0, 0.05) is 18.9 Å². The van der Waals surface area contributed by atoms with Crippen LogP contribution in [0.4, 0.5) is 24.7 Å². The molecule has 2 rings (SSSR count). The zero-order valence-electron chi connectivity index (χ0n) is 16.2. The topological polar surface area (TPSA) is 38.2 Å². The summed E-state index contributed by atoms with van der Waals surface area (Å²) in [4.78, 5) is 9.17. The Labute approximate surface area is 158 Å². The molecule has 0 N–H and O–H groups in total. The summed E-state index contributed by atoms with van der Waals surface area (Å²) in [7, 11) is 1.56. The van der Waals surface area contributed by atoms with Gasteiger partial charge in [-0.3, -0.25) is 0 Å². The van der Waals surface area contributed by atoms with Crippen molar-refractivity contribution in [3.63, 3.8) is 0 Å². The molecule has 0 fully saturated rings. The first-order chi connectivity index (χ1) is 12.8. The molecule has 0 aliphatic heterocycles. The van der Waals surface area contributed by atoms with Crippen molar-refractivity contribution < 1.29 is 17.9 Å². The summed E-state index contributed by atoms with van der Waals surface area (Å²) in [6.07, 6.45) is -1.07. The van der Waals surface area contributed by atoms with Crippen LogP contribution in [-0.2, 0) is 6.18 Å². The molecule has 0 amide bonds. The highest BCUT2D eigenvalue weighted by molar-refractivity contribution is 5.63. The van der Waals surface area contributed by atoms with E-state index in [9.17, 15) is 13.2 Å². The number of aromatic nitrogens is 2. The highest BCUT2D eigenvalue weighted by atomic mass is 19.4. The molecule has 0 saturated carbocycles. The van der Waals surface area contributed by atoms with Gasteiger partial charge < -0.3 is 9.64 Å². The van der Waals surface area contributed by atoms with Crippen LogP contribution in [0.5, 0.6) is 6.01 Å². The molecule has 0 bridgehead atoms. The van der Waals surface area contributed by atoms with Crippen LogP contribution in [-0.4, -0.2) is 23.6 Å². The van der Waals surface area contributed by atoms with Gasteiger partial charge in [0.15, 0.2) is 5.82 Å². The minimum absolute atomic E-state index is 0.0467. The predicted molar refractivity (Wildman–Crippen MR) is 101 cm³/mol. The summed E-state index contributed by atoms with van der Waals surface area (Å²) < 4.78 is 45.7. The summed E-state index contributed by atoms with van der Waals surface area (Å²) >= 11 is 0. The number of nitrogens with zero attached hydrogens (tertiary/aromatic N) is 3. The van der Waals surface area contributed by atoms with E-state index in [1.807, 2.05) is 19.1 Å². The fraction of sp³-hybridized carbons (Fsp3) is 0.500. The molecule has 0 radical (unpaired) electrons. The van der Waals surface area contributed by atoms with Gasteiger partial charge in [-0.25, -0.2) is 4.98 Å². The van der Waals surface area contributed by atoms with Crippen LogP contribution in [0.15, 0.2) is 30.5 Å². The molecule has 0 saturated heterocycles. The van der Waals surface area contributed by atoms with Crippen molar-refractivity contribution in [2.45, 2.75) is 52.1 Å². The third-order valence-electron chi connectivity index (χ3n) is 4.56. The van der Waals surface area contributed by atoms with Crippen molar-refractivity contribution in [3.05, 3.63) is 41.6 Å². The minimum Gasteiger partial charge on any atom is -0.463 e. The first kappa shape index (κ1) is 21.0. The van der Waals surface area contributed by atoms with Gasteiger partial charge in [0.2, 0.25) is 0 Å². The molecule has 4 nitrogen and oxygen atoms in total. The Kier molecular flexibility index (Phi) is 7.05. The molecule has 0 aliphatic carbocycles. The Balaban J connectivity index is 2.36. The van der Waals surface area contributed by atoms with Gasteiger partial charge in [0.1, 0.15) is 5.56 Å². The van der Waals surface area contributed by atoms with Crippen LogP contribution in [0.25, 0.3) is 0 Å². The number of benzene rings is 1. The number of unbranched alkanes of at least 4 members (excludes halogenated alkanes) is 1. The number of halogens is 3. The Hall–Kier alpha value is -2.31. The quantitative estimate of drug-likeness (QED) is 0.529. The van der Waals surface area contributed by atoms with Gasteiger partial charge in [-0.15, -0.1) is 0 Å². The fourth-order valence-electron chi connectivity index (χ4n) is 2.57. The summed E-state index contributed by atoms with van der Waals surface area (Å²) in [5.41, 5.74) is 0.876. The monoisotopic (exact) mass is 381 g/mol. The standard InChI is InChI=1S/C20H26F3N3O/c1-5-7-12-27-19-24-13-17(20(21,22)23)18(25-19)26(4)16-10-8-15(9-11-16)14(3)6-2/h8-11,13-14H,5-7,12H2,1-4H3. The van der Waals surface area contributed by atoms with Crippen LogP contribution < -0.4 is 9.64 Å².